The molecule has 0 unspecified atom stereocenters. The van der Waals surface area contributed by atoms with Crippen LogP contribution in [-0.4, -0.2) is 26.7 Å². The number of hydrogen-bond donors (Lipinski definition) is 2. The van der Waals surface area contributed by atoms with E-state index in [0.717, 1.165) is 38.2 Å². The Kier molecular flexibility index (Phi) is 6.58. The molecule has 1 aromatic rings. The highest BCUT2D eigenvalue weighted by Crippen LogP contribution is 2.17. The zero-order valence-electron chi connectivity index (χ0n) is 10.6. The van der Waals surface area contributed by atoms with Gasteiger partial charge in [-0.3, -0.25) is 0 Å². The average Bonchev–Trinajstić information content (AvgIpc) is 2.35. The molecule has 0 radical (unpaired) electrons. The number of nitrogens with one attached hydrogen (secondary N) is 2. The number of halogens is 1. The Morgan fingerprint density at radius 2 is 2.00 bits per heavy atom. The van der Waals surface area contributed by atoms with E-state index in [1.165, 1.54) is 13.2 Å². The maximum atomic E-state index is 13.1. The van der Waals surface area contributed by atoms with Gasteiger partial charge < -0.3 is 15.4 Å². The van der Waals surface area contributed by atoms with Gasteiger partial charge in [-0.15, -0.1) is 0 Å². The third-order valence-corrected chi connectivity index (χ3v) is 2.50. The van der Waals surface area contributed by atoms with E-state index >= 15 is 0 Å². The lowest BCUT2D eigenvalue weighted by molar-refractivity contribution is 0.385. The first-order chi connectivity index (χ1) is 8.27. The van der Waals surface area contributed by atoms with Crippen molar-refractivity contribution in [1.29, 1.82) is 0 Å². The summed E-state index contributed by atoms with van der Waals surface area (Å²) in [5, 5.41) is 6.58. The molecule has 17 heavy (non-hydrogen) atoms. The number of methoxy groups -OCH3 is 1. The van der Waals surface area contributed by atoms with Crippen molar-refractivity contribution in [3.05, 3.63) is 29.6 Å². The van der Waals surface area contributed by atoms with Gasteiger partial charge in [-0.2, -0.15) is 0 Å². The van der Waals surface area contributed by atoms with Crippen molar-refractivity contribution in [2.24, 2.45) is 0 Å². The van der Waals surface area contributed by atoms with Crippen LogP contribution in [0.1, 0.15) is 18.9 Å². The Balaban J connectivity index is 2.27. The van der Waals surface area contributed by atoms with Crippen molar-refractivity contribution in [3.8, 4) is 5.75 Å². The maximum Gasteiger partial charge on any atom is 0.165 e. The van der Waals surface area contributed by atoms with E-state index < -0.39 is 0 Å². The molecular formula is C13H21FN2O. The topological polar surface area (TPSA) is 33.3 Å². The number of hydrogen-bond acceptors (Lipinski definition) is 3. The Hall–Kier alpha value is -1.13. The molecular weight excluding hydrogens is 219 g/mol. The predicted octanol–water partition coefficient (Wildman–Crippen LogP) is 1.92. The van der Waals surface area contributed by atoms with Crippen molar-refractivity contribution in [3.63, 3.8) is 0 Å². The highest BCUT2D eigenvalue weighted by Gasteiger charge is 2.02. The van der Waals surface area contributed by atoms with Crippen LogP contribution in [0.25, 0.3) is 0 Å². The van der Waals surface area contributed by atoms with Crippen molar-refractivity contribution in [1.82, 2.24) is 10.6 Å². The summed E-state index contributed by atoms with van der Waals surface area (Å²) in [6.07, 6.45) is 1.09. The van der Waals surface area contributed by atoms with E-state index in [1.807, 2.05) is 0 Å². The molecule has 0 aliphatic rings. The Bertz CT molecular complexity index is 331. The highest BCUT2D eigenvalue weighted by atomic mass is 19.1. The van der Waals surface area contributed by atoms with Crippen LogP contribution in [-0.2, 0) is 6.54 Å². The molecule has 0 fully saturated rings. The smallest absolute Gasteiger partial charge is 0.165 e. The predicted molar refractivity (Wildman–Crippen MR) is 67.8 cm³/mol. The molecule has 0 aromatic heterocycles. The van der Waals surface area contributed by atoms with Crippen LogP contribution in [0.3, 0.4) is 0 Å². The van der Waals surface area contributed by atoms with Gasteiger partial charge in [0, 0.05) is 6.54 Å². The number of ether oxygens (including phenoxy) is 1. The van der Waals surface area contributed by atoms with E-state index in [1.54, 1.807) is 12.1 Å². The first-order valence-corrected chi connectivity index (χ1v) is 6.01. The third-order valence-electron chi connectivity index (χ3n) is 2.50. The zero-order chi connectivity index (χ0) is 12.5. The Morgan fingerprint density at radius 1 is 1.24 bits per heavy atom. The van der Waals surface area contributed by atoms with Gasteiger partial charge >= 0.3 is 0 Å². The SMILES string of the molecule is CCNCCCNCc1ccc(F)c(OC)c1. The van der Waals surface area contributed by atoms with Crippen LogP contribution >= 0.6 is 0 Å². The summed E-state index contributed by atoms with van der Waals surface area (Å²) in [4.78, 5) is 0. The highest BCUT2D eigenvalue weighted by molar-refractivity contribution is 5.30. The fourth-order valence-corrected chi connectivity index (χ4v) is 1.56. The Morgan fingerprint density at radius 3 is 2.71 bits per heavy atom. The van der Waals surface area contributed by atoms with Crippen LogP contribution < -0.4 is 15.4 Å². The second-order valence-corrected chi connectivity index (χ2v) is 3.85. The molecule has 0 saturated carbocycles. The van der Waals surface area contributed by atoms with Gasteiger partial charge in [-0.25, -0.2) is 4.39 Å². The molecule has 3 nitrogen and oxygen atoms in total. The first-order valence-electron chi connectivity index (χ1n) is 6.01. The molecule has 1 rings (SSSR count). The standard InChI is InChI=1S/C13H21FN2O/c1-3-15-7-4-8-16-10-11-5-6-12(14)13(9-11)17-2/h5-6,9,15-16H,3-4,7-8,10H2,1-2H3. The summed E-state index contributed by atoms with van der Waals surface area (Å²) in [6, 6.07) is 4.94. The van der Waals surface area contributed by atoms with E-state index in [9.17, 15) is 4.39 Å². The largest absolute Gasteiger partial charge is 0.494 e. The molecule has 0 amide bonds. The van der Waals surface area contributed by atoms with Gasteiger partial charge in [0.05, 0.1) is 7.11 Å². The van der Waals surface area contributed by atoms with Gasteiger partial charge in [0.2, 0.25) is 0 Å². The van der Waals surface area contributed by atoms with E-state index in [4.69, 9.17) is 4.74 Å². The summed E-state index contributed by atoms with van der Waals surface area (Å²) in [7, 11) is 1.48. The minimum Gasteiger partial charge on any atom is -0.494 e. The lowest BCUT2D eigenvalue weighted by Gasteiger charge is -2.07. The number of rotatable bonds is 8. The van der Waals surface area contributed by atoms with Crippen LogP contribution in [0.2, 0.25) is 0 Å². The molecule has 0 atom stereocenters. The molecule has 0 aliphatic heterocycles. The normalized spacial score (nSPS) is 10.5. The van der Waals surface area contributed by atoms with Gasteiger partial charge in [0.25, 0.3) is 0 Å². The lowest BCUT2D eigenvalue weighted by Crippen LogP contribution is -2.21. The molecule has 0 spiro atoms. The molecule has 0 bridgehead atoms. The second kappa shape index (κ2) is 8.03. The van der Waals surface area contributed by atoms with Crippen LogP contribution in [0.5, 0.6) is 5.75 Å². The van der Waals surface area contributed by atoms with Crippen molar-refractivity contribution >= 4 is 0 Å². The minimum atomic E-state index is -0.316. The molecule has 2 N–H and O–H groups in total. The minimum absolute atomic E-state index is 0.303. The second-order valence-electron chi connectivity index (χ2n) is 3.85. The Labute approximate surface area is 102 Å². The molecule has 4 heteroatoms. The molecule has 0 heterocycles. The summed E-state index contributed by atoms with van der Waals surface area (Å²) < 4.78 is 18.1. The van der Waals surface area contributed by atoms with Gasteiger partial charge in [0.15, 0.2) is 11.6 Å². The fourth-order valence-electron chi connectivity index (χ4n) is 1.56. The van der Waals surface area contributed by atoms with E-state index in [2.05, 4.69) is 17.6 Å². The first kappa shape index (κ1) is 13.9. The summed E-state index contributed by atoms with van der Waals surface area (Å²) in [5.74, 6) is -0.0136. The molecule has 1 aromatic carbocycles. The summed E-state index contributed by atoms with van der Waals surface area (Å²) >= 11 is 0. The van der Waals surface area contributed by atoms with Gasteiger partial charge in [-0.05, 0) is 43.8 Å². The van der Waals surface area contributed by atoms with Crippen molar-refractivity contribution in [2.45, 2.75) is 19.9 Å². The monoisotopic (exact) mass is 240 g/mol. The summed E-state index contributed by atoms with van der Waals surface area (Å²) in [6.45, 7) is 5.82. The fraction of sp³-hybridized carbons (Fsp3) is 0.538. The van der Waals surface area contributed by atoms with Crippen molar-refractivity contribution < 1.29 is 9.13 Å². The van der Waals surface area contributed by atoms with Gasteiger partial charge in [-0.1, -0.05) is 13.0 Å². The van der Waals surface area contributed by atoms with E-state index in [-0.39, 0.29) is 5.82 Å². The zero-order valence-corrected chi connectivity index (χ0v) is 10.6. The maximum absolute atomic E-state index is 13.1. The number of benzene rings is 1. The third kappa shape index (κ3) is 5.15. The van der Waals surface area contributed by atoms with Crippen molar-refractivity contribution in [2.75, 3.05) is 26.7 Å². The van der Waals surface area contributed by atoms with E-state index in [0.29, 0.717) is 5.75 Å². The molecule has 0 saturated heterocycles. The average molecular weight is 240 g/mol. The lowest BCUT2D eigenvalue weighted by atomic mass is 10.2. The van der Waals surface area contributed by atoms with Gasteiger partial charge in [0.1, 0.15) is 0 Å². The van der Waals surface area contributed by atoms with Crippen LogP contribution in [0.15, 0.2) is 18.2 Å². The van der Waals surface area contributed by atoms with Crippen LogP contribution in [0, 0.1) is 5.82 Å². The molecule has 0 aliphatic carbocycles. The summed E-state index contributed by atoms with van der Waals surface area (Å²) in [5.41, 5.74) is 1.03. The molecule has 96 valence electrons. The quantitative estimate of drug-likeness (QED) is 0.681. The van der Waals surface area contributed by atoms with Crippen LogP contribution in [0.4, 0.5) is 4.39 Å².